The van der Waals surface area contributed by atoms with Gasteiger partial charge in [0.1, 0.15) is 0 Å². The molecule has 8 aromatic carbocycles. The largest absolute Gasteiger partial charge is 0.310 e. The number of nitrogens with zero attached hydrogens (tertiary/aromatic N) is 1. The van der Waals surface area contributed by atoms with E-state index < -0.39 is 8.07 Å². The van der Waals surface area contributed by atoms with Crippen LogP contribution in [-0.4, -0.2) is 8.07 Å². The molecule has 0 unspecified atom stereocenters. The summed E-state index contributed by atoms with van der Waals surface area (Å²) >= 11 is 0. The highest BCUT2D eigenvalue weighted by atomic mass is 28.3. The highest BCUT2D eigenvalue weighted by Crippen LogP contribution is 2.61. The summed E-state index contributed by atoms with van der Waals surface area (Å²) in [7, 11) is -2.68. The normalized spacial score (nSPS) is 21.5. The Morgan fingerprint density at radius 1 is 0.397 bits per heavy atom. The maximum absolute atomic E-state index is 2.68. The maximum atomic E-state index is 2.53. The van der Waals surface area contributed by atoms with Crippen molar-refractivity contribution >= 4 is 45.9 Å². The van der Waals surface area contributed by atoms with Crippen molar-refractivity contribution in [1.82, 2.24) is 0 Å². The van der Waals surface area contributed by atoms with Crippen molar-refractivity contribution in [1.29, 1.82) is 0 Å². The minimum atomic E-state index is -2.68. The van der Waals surface area contributed by atoms with Crippen LogP contribution in [-0.2, 0) is 10.8 Å². The van der Waals surface area contributed by atoms with E-state index in [4.69, 9.17) is 0 Å². The molecule has 0 N–H and O–H groups in total. The Balaban J connectivity index is 0.997. The first kappa shape index (κ1) is 38.5. The first-order valence-electron chi connectivity index (χ1n) is 23.4. The van der Waals surface area contributed by atoms with Gasteiger partial charge in [-0.25, -0.2) is 0 Å². The summed E-state index contributed by atoms with van der Waals surface area (Å²) in [6, 6.07) is 78.6. The maximum Gasteiger partial charge on any atom is 0.179 e. The molecule has 8 aromatic rings. The van der Waals surface area contributed by atoms with Crippen molar-refractivity contribution in [2.45, 2.75) is 63.2 Å². The highest BCUT2D eigenvalue weighted by molar-refractivity contribution is 7.19. The van der Waals surface area contributed by atoms with Gasteiger partial charge in [-0.15, -0.1) is 0 Å². The second kappa shape index (κ2) is 15.0. The summed E-state index contributed by atoms with van der Waals surface area (Å²) in [4.78, 5) is 2.53. The minimum absolute atomic E-state index is 0.139. The molecular weight excluding hydrogens is 775 g/mol. The van der Waals surface area contributed by atoms with Crippen LogP contribution < -0.4 is 25.6 Å². The number of benzene rings is 8. The average molecular weight is 830 g/mol. The molecule has 5 aliphatic rings. The Kier molecular flexibility index (Phi) is 9.13. The van der Waals surface area contributed by atoms with Gasteiger partial charge in [0, 0.05) is 22.5 Å². The zero-order chi connectivity index (χ0) is 42.2. The van der Waals surface area contributed by atoms with E-state index in [0.717, 1.165) is 17.8 Å². The van der Waals surface area contributed by atoms with Gasteiger partial charge in [-0.05, 0) is 164 Å². The SMILES string of the molecule is CC1(C)c2ccc(-c3ccccc3)cc2-c2ccc(N(c3ccc(C45CC6CC(CC(C6)C4)C5)cc3)c3ccc([Si](c4ccccc4)(c4ccccc4)c4ccccc4)cc3)cc21. The topological polar surface area (TPSA) is 3.24 Å². The van der Waals surface area contributed by atoms with Gasteiger partial charge in [-0.2, -0.15) is 0 Å². The summed E-state index contributed by atoms with van der Waals surface area (Å²) in [5.41, 5.74) is 13.4. The lowest BCUT2D eigenvalue weighted by Gasteiger charge is -2.57. The molecule has 0 radical (unpaired) electrons. The van der Waals surface area contributed by atoms with E-state index in [1.807, 2.05) is 0 Å². The Labute approximate surface area is 375 Å². The van der Waals surface area contributed by atoms with Gasteiger partial charge >= 0.3 is 0 Å². The minimum Gasteiger partial charge on any atom is -0.310 e. The molecule has 0 saturated heterocycles. The molecule has 0 amide bonds. The smallest absolute Gasteiger partial charge is 0.179 e. The van der Waals surface area contributed by atoms with Gasteiger partial charge < -0.3 is 4.90 Å². The van der Waals surface area contributed by atoms with E-state index in [2.05, 4.69) is 225 Å². The number of fused-ring (bicyclic) bond motifs is 3. The highest BCUT2D eigenvalue weighted by Gasteiger charge is 2.51. The Hall–Kier alpha value is -6.22. The molecule has 5 aliphatic carbocycles. The molecule has 13 rings (SSSR count). The molecule has 4 saturated carbocycles. The third-order valence-corrected chi connectivity index (χ3v) is 20.8. The summed E-state index contributed by atoms with van der Waals surface area (Å²) in [5.74, 6) is 2.77. The van der Waals surface area contributed by atoms with E-state index in [1.54, 1.807) is 5.56 Å². The van der Waals surface area contributed by atoms with Gasteiger partial charge in [-0.3, -0.25) is 0 Å². The lowest BCUT2D eigenvalue weighted by Crippen LogP contribution is -2.74. The third-order valence-electron chi connectivity index (χ3n) is 16.0. The molecule has 0 aliphatic heterocycles. The third kappa shape index (κ3) is 6.24. The Morgan fingerprint density at radius 3 is 1.38 bits per heavy atom. The predicted molar refractivity (Wildman–Crippen MR) is 268 cm³/mol. The average Bonchev–Trinajstić information content (AvgIpc) is 3.55. The zero-order valence-corrected chi connectivity index (χ0v) is 37.6. The first-order chi connectivity index (χ1) is 30.9. The van der Waals surface area contributed by atoms with Crippen LogP contribution in [0.25, 0.3) is 22.3 Å². The fraction of sp³-hybridized carbons (Fsp3) is 0.213. The quantitative estimate of drug-likeness (QED) is 0.103. The van der Waals surface area contributed by atoms with Gasteiger partial charge in [0.2, 0.25) is 0 Å². The van der Waals surface area contributed by atoms with Crippen LogP contribution in [0.5, 0.6) is 0 Å². The summed E-state index contributed by atoms with van der Waals surface area (Å²) < 4.78 is 0. The standard InChI is InChI=1S/C61H55NSi/c1-60(2)58-34-23-47(46-15-7-3-8-16-46)38-57(58)56-33-30-51(39-59(56)60)62(49-26-24-48(25-27-49)61-40-43-35-44(41-61)37-45(36-43)42-61)50-28-31-55(32-29-50)63(52-17-9-4-10-18-52,53-19-11-5-12-20-53)54-21-13-6-14-22-54/h3-34,38-39,43-45H,35-37,40-42H2,1-2H3. The van der Waals surface area contributed by atoms with Crippen LogP contribution in [0.4, 0.5) is 17.1 Å². The number of anilines is 3. The van der Waals surface area contributed by atoms with Crippen LogP contribution in [0.2, 0.25) is 0 Å². The van der Waals surface area contributed by atoms with Crippen molar-refractivity contribution in [3.63, 3.8) is 0 Å². The lowest BCUT2D eigenvalue weighted by molar-refractivity contribution is -0.00518. The van der Waals surface area contributed by atoms with E-state index in [0.29, 0.717) is 5.41 Å². The number of hydrogen-bond donors (Lipinski definition) is 0. The molecule has 308 valence electrons. The second-order valence-electron chi connectivity index (χ2n) is 20.0. The predicted octanol–water partition coefficient (Wildman–Crippen LogP) is 13.0. The fourth-order valence-corrected chi connectivity index (χ4v) is 18.2. The van der Waals surface area contributed by atoms with E-state index in [9.17, 15) is 0 Å². The van der Waals surface area contributed by atoms with Crippen molar-refractivity contribution in [2.75, 3.05) is 4.90 Å². The van der Waals surface area contributed by atoms with Crippen molar-refractivity contribution in [3.05, 3.63) is 223 Å². The fourth-order valence-electron chi connectivity index (χ4n) is 13.5. The molecule has 2 heteroatoms. The van der Waals surface area contributed by atoms with Crippen molar-refractivity contribution in [2.24, 2.45) is 17.8 Å². The molecule has 63 heavy (non-hydrogen) atoms. The molecule has 4 bridgehead atoms. The Morgan fingerprint density at radius 2 is 0.857 bits per heavy atom. The second-order valence-corrected chi connectivity index (χ2v) is 23.8. The van der Waals surface area contributed by atoms with E-state index in [1.165, 1.54) is 110 Å². The molecule has 0 heterocycles. The van der Waals surface area contributed by atoms with Gasteiger partial charge in [0.05, 0.1) is 0 Å². The summed E-state index contributed by atoms with van der Waals surface area (Å²) in [6.07, 6.45) is 8.55. The molecule has 0 spiro atoms. The number of rotatable bonds is 9. The zero-order valence-electron chi connectivity index (χ0n) is 36.6. The van der Waals surface area contributed by atoms with Gasteiger partial charge in [0.15, 0.2) is 8.07 Å². The van der Waals surface area contributed by atoms with E-state index in [-0.39, 0.29) is 5.41 Å². The van der Waals surface area contributed by atoms with Crippen molar-refractivity contribution < 1.29 is 0 Å². The Bertz CT molecular complexity index is 2790. The summed E-state index contributed by atoms with van der Waals surface area (Å²) in [6.45, 7) is 4.81. The van der Waals surface area contributed by atoms with Crippen LogP contribution in [0.1, 0.15) is 69.1 Å². The van der Waals surface area contributed by atoms with Crippen LogP contribution in [0, 0.1) is 17.8 Å². The monoisotopic (exact) mass is 829 g/mol. The number of hydrogen-bond acceptors (Lipinski definition) is 1. The van der Waals surface area contributed by atoms with Crippen LogP contribution >= 0.6 is 0 Å². The molecule has 0 atom stereocenters. The van der Waals surface area contributed by atoms with Gasteiger partial charge in [-0.1, -0.05) is 178 Å². The molecule has 0 aromatic heterocycles. The van der Waals surface area contributed by atoms with Crippen LogP contribution in [0.3, 0.4) is 0 Å². The molecule has 4 fully saturated rings. The van der Waals surface area contributed by atoms with E-state index >= 15 is 0 Å². The summed E-state index contributed by atoms with van der Waals surface area (Å²) in [5, 5.41) is 5.56. The molecular formula is C61H55NSi. The van der Waals surface area contributed by atoms with Crippen LogP contribution in [0.15, 0.2) is 206 Å². The first-order valence-corrected chi connectivity index (χ1v) is 25.4. The van der Waals surface area contributed by atoms with Crippen molar-refractivity contribution in [3.8, 4) is 22.3 Å². The molecule has 1 nitrogen and oxygen atoms in total. The lowest BCUT2D eigenvalue weighted by atomic mass is 9.48. The van der Waals surface area contributed by atoms with Gasteiger partial charge in [0.25, 0.3) is 0 Å².